The van der Waals surface area contributed by atoms with Crippen LogP contribution in [0.15, 0.2) is 0 Å². The van der Waals surface area contributed by atoms with Crippen LogP contribution >= 0.6 is 0 Å². The molecule has 0 aromatic heterocycles. The molecule has 23 heteroatoms. The molecule has 3 amide bonds. The van der Waals surface area contributed by atoms with Gasteiger partial charge >= 0.3 is 6.47 Å². The Balaban J connectivity index is 1.62. The number of rotatable bonds is 13. The SMILES string of the molecule is CC(=O)NC1OC(OC2C(CO)OC(OC3C(C)OC(C(N)=O)C(C)(O)C3NOC=O)C(NC(C)=O)C2O)C(C)C(OC2OC(C)C(O)C(O)C2O)C1O. The summed E-state index contributed by atoms with van der Waals surface area (Å²) in [5.41, 5.74) is 5.57. The summed E-state index contributed by atoms with van der Waals surface area (Å²) in [4.78, 5) is 52.4. The van der Waals surface area contributed by atoms with Gasteiger partial charge < -0.3 is 90.1 Å². The Morgan fingerprint density at radius 2 is 1.37 bits per heavy atom. The molecule has 0 aliphatic carbocycles. The summed E-state index contributed by atoms with van der Waals surface area (Å²) in [6.07, 6.45) is -23.9. The van der Waals surface area contributed by atoms with E-state index in [-0.39, 0.29) is 6.47 Å². The molecule has 310 valence electrons. The first kappa shape index (κ1) is 44.0. The second-order valence-corrected chi connectivity index (χ2v) is 14.1. The van der Waals surface area contributed by atoms with E-state index >= 15 is 0 Å². The van der Waals surface area contributed by atoms with Crippen molar-refractivity contribution < 1.29 is 92.9 Å². The van der Waals surface area contributed by atoms with E-state index in [4.69, 9.17) is 38.9 Å². The van der Waals surface area contributed by atoms with Gasteiger partial charge in [0.2, 0.25) is 17.7 Å². The first-order chi connectivity index (χ1) is 25.2. The highest BCUT2D eigenvalue weighted by Gasteiger charge is 2.58. The van der Waals surface area contributed by atoms with Crippen molar-refractivity contribution in [1.29, 1.82) is 0 Å². The van der Waals surface area contributed by atoms with Gasteiger partial charge in [-0.2, -0.15) is 0 Å². The highest BCUT2D eigenvalue weighted by atomic mass is 16.8. The Morgan fingerprint density at radius 3 is 1.94 bits per heavy atom. The van der Waals surface area contributed by atoms with Gasteiger partial charge in [-0.05, 0) is 20.8 Å². The van der Waals surface area contributed by atoms with Crippen molar-refractivity contribution in [3.05, 3.63) is 0 Å². The normalized spacial score (nSPS) is 46.9. The zero-order valence-corrected chi connectivity index (χ0v) is 30.4. The van der Waals surface area contributed by atoms with Crippen molar-refractivity contribution in [2.45, 2.75) is 158 Å². The number of primary amides is 1. The van der Waals surface area contributed by atoms with E-state index < -0.39 is 146 Å². The van der Waals surface area contributed by atoms with Gasteiger partial charge in [-0.1, -0.05) is 6.92 Å². The predicted octanol–water partition coefficient (Wildman–Crippen LogP) is -6.56. The molecule has 0 saturated carbocycles. The fourth-order valence-corrected chi connectivity index (χ4v) is 7.03. The molecule has 4 aliphatic heterocycles. The minimum absolute atomic E-state index is 0.00916. The van der Waals surface area contributed by atoms with E-state index in [0.29, 0.717) is 0 Å². The van der Waals surface area contributed by atoms with Gasteiger partial charge in [-0.15, -0.1) is 5.48 Å². The van der Waals surface area contributed by atoms with E-state index in [2.05, 4.69) is 21.0 Å². The van der Waals surface area contributed by atoms with Crippen molar-refractivity contribution >= 4 is 24.2 Å². The maximum absolute atomic E-state index is 12.4. The molecule has 0 bridgehead atoms. The van der Waals surface area contributed by atoms with Crippen LogP contribution in [0.3, 0.4) is 0 Å². The van der Waals surface area contributed by atoms with Crippen LogP contribution in [-0.2, 0) is 57.2 Å². The Labute approximate surface area is 309 Å². The number of aliphatic hydroxyl groups excluding tert-OH is 6. The van der Waals surface area contributed by atoms with Crippen LogP contribution in [0.1, 0.15) is 41.5 Å². The molecule has 54 heavy (non-hydrogen) atoms. The zero-order chi connectivity index (χ0) is 40.4. The molecule has 20 atom stereocenters. The monoisotopic (exact) mass is 784 g/mol. The molecule has 12 N–H and O–H groups in total. The molecule has 23 nitrogen and oxygen atoms in total. The molecular weight excluding hydrogens is 732 g/mol. The van der Waals surface area contributed by atoms with Gasteiger partial charge in [0.15, 0.2) is 31.2 Å². The average Bonchev–Trinajstić information content (AvgIpc) is 3.09. The number of ether oxygens (including phenoxy) is 7. The van der Waals surface area contributed by atoms with Gasteiger partial charge in [0.05, 0.1) is 24.9 Å². The van der Waals surface area contributed by atoms with Crippen molar-refractivity contribution in [1.82, 2.24) is 16.1 Å². The third-order valence-electron chi connectivity index (χ3n) is 9.93. The molecule has 4 fully saturated rings. The molecule has 0 spiro atoms. The second-order valence-electron chi connectivity index (χ2n) is 14.1. The Bertz CT molecular complexity index is 1310. The van der Waals surface area contributed by atoms with Crippen LogP contribution in [0, 0.1) is 5.92 Å². The second kappa shape index (κ2) is 18.0. The average molecular weight is 785 g/mol. The predicted molar refractivity (Wildman–Crippen MR) is 172 cm³/mol. The fraction of sp³-hybridized carbons (Fsp3) is 0.871. The van der Waals surface area contributed by atoms with Crippen molar-refractivity contribution in [2.75, 3.05) is 6.61 Å². The van der Waals surface area contributed by atoms with Crippen LogP contribution in [0.5, 0.6) is 0 Å². The molecule has 0 aromatic rings. The zero-order valence-electron chi connectivity index (χ0n) is 30.4. The standard InChI is InChI=1S/C31H52N4O19/c1-9-21(51-30-19(43)18(42)16(40)10(2)49-30)20(44)27(34-13(5)39)54-28(9)53-23-14(7-36)50-29(15(17(23)41)33-12(4)38)52-22-11(3)48-25(26(32)45)31(6,46)24(22)35-47-8-37/h8-11,14-25,27-30,35-36,40-44,46H,7H2,1-6H3,(H2,32,45)(H,33,38)(H,34,39). The van der Waals surface area contributed by atoms with Crippen molar-refractivity contribution in [3.63, 3.8) is 0 Å². The molecule has 4 rings (SSSR count). The van der Waals surface area contributed by atoms with Gasteiger partial charge in [0, 0.05) is 19.8 Å². The summed E-state index contributed by atoms with van der Waals surface area (Å²) in [7, 11) is 0. The lowest BCUT2D eigenvalue weighted by atomic mass is 9.81. The first-order valence-electron chi connectivity index (χ1n) is 17.2. The number of carbonyl (C=O) groups excluding carboxylic acids is 4. The molecule has 0 radical (unpaired) electrons. The van der Waals surface area contributed by atoms with Crippen molar-refractivity contribution in [3.8, 4) is 0 Å². The number of nitrogens with two attached hydrogens (primary N) is 1. The highest BCUT2D eigenvalue weighted by Crippen LogP contribution is 2.37. The molecule has 4 saturated heterocycles. The summed E-state index contributed by atoms with van der Waals surface area (Å²) >= 11 is 0. The third kappa shape index (κ3) is 9.28. The van der Waals surface area contributed by atoms with Crippen LogP contribution in [0.4, 0.5) is 0 Å². The summed E-state index contributed by atoms with van der Waals surface area (Å²) in [5, 5.41) is 80.6. The van der Waals surface area contributed by atoms with Crippen molar-refractivity contribution in [2.24, 2.45) is 11.7 Å². The number of hydroxylamine groups is 1. The molecule has 4 aliphatic rings. The highest BCUT2D eigenvalue weighted by molar-refractivity contribution is 5.80. The van der Waals surface area contributed by atoms with Crippen LogP contribution in [0.25, 0.3) is 0 Å². The largest absolute Gasteiger partial charge is 0.394 e. The van der Waals surface area contributed by atoms with E-state index in [0.717, 1.165) is 13.8 Å². The summed E-state index contributed by atoms with van der Waals surface area (Å²) in [6.45, 7) is 6.96. The van der Waals surface area contributed by atoms with Crippen LogP contribution in [-0.4, -0.2) is 183 Å². The summed E-state index contributed by atoms with van der Waals surface area (Å²) in [5.74, 6) is -3.38. The molecule has 20 unspecified atom stereocenters. The smallest absolute Gasteiger partial charge is 0.312 e. The number of aliphatic hydroxyl groups is 7. The lowest BCUT2D eigenvalue weighted by molar-refractivity contribution is -0.369. The lowest BCUT2D eigenvalue weighted by Crippen LogP contribution is -2.73. The first-order valence-corrected chi connectivity index (χ1v) is 17.2. The number of nitrogens with one attached hydrogen (secondary N) is 3. The Morgan fingerprint density at radius 1 is 0.759 bits per heavy atom. The van der Waals surface area contributed by atoms with Crippen LogP contribution < -0.4 is 21.8 Å². The molecular formula is C31H52N4O19. The Hall–Kier alpha value is -2.72. The van der Waals surface area contributed by atoms with Gasteiger partial charge in [0.1, 0.15) is 66.5 Å². The topological polar surface area (TPSA) is 346 Å². The van der Waals surface area contributed by atoms with Gasteiger partial charge in [-0.25, -0.2) is 0 Å². The maximum atomic E-state index is 12.4. The quantitative estimate of drug-likeness (QED) is 0.0611. The molecule has 4 heterocycles. The van der Waals surface area contributed by atoms with E-state index in [1.165, 1.54) is 27.7 Å². The van der Waals surface area contributed by atoms with Gasteiger partial charge in [0.25, 0.3) is 0 Å². The third-order valence-corrected chi connectivity index (χ3v) is 9.93. The van der Waals surface area contributed by atoms with Crippen LogP contribution in [0.2, 0.25) is 0 Å². The van der Waals surface area contributed by atoms with E-state index in [1.54, 1.807) is 0 Å². The Kier molecular flexibility index (Phi) is 14.7. The number of amides is 3. The number of hydrogen-bond acceptors (Lipinski definition) is 20. The maximum Gasteiger partial charge on any atom is 0.312 e. The fourth-order valence-electron chi connectivity index (χ4n) is 7.03. The van der Waals surface area contributed by atoms with Gasteiger partial charge in [-0.3, -0.25) is 19.2 Å². The van der Waals surface area contributed by atoms with E-state index in [9.17, 15) is 54.9 Å². The lowest BCUT2D eigenvalue weighted by Gasteiger charge is -2.52. The summed E-state index contributed by atoms with van der Waals surface area (Å²) < 4.78 is 41.3. The minimum atomic E-state index is -2.17. The number of carbonyl (C=O) groups is 4. The molecule has 0 aromatic carbocycles. The minimum Gasteiger partial charge on any atom is -0.394 e. The number of hydrogen-bond donors (Lipinski definition) is 11. The van der Waals surface area contributed by atoms with E-state index in [1.807, 2.05) is 0 Å². The summed E-state index contributed by atoms with van der Waals surface area (Å²) in [6, 6.07) is -2.91.